The van der Waals surface area contributed by atoms with Gasteiger partial charge in [-0.1, -0.05) is 35.9 Å². The van der Waals surface area contributed by atoms with Gasteiger partial charge >= 0.3 is 0 Å². The van der Waals surface area contributed by atoms with E-state index in [4.69, 9.17) is 16.3 Å². The van der Waals surface area contributed by atoms with Gasteiger partial charge in [-0.05, 0) is 53.8 Å². The second-order valence-corrected chi connectivity index (χ2v) is 6.51. The third-order valence-electron chi connectivity index (χ3n) is 4.24. The van der Waals surface area contributed by atoms with Crippen LogP contribution in [0.4, 0.5) is 4.39 Å². The molecule has 0 saturated heterocycles. The SMILES string of the molecule is COc1ccc(CCc2ccc(=O)n(Cc3ccc(Cl)c(F)c3)c2)cc1. The molecule has 3 aromatic rings. The van der Waals surface area contributed by atoms with Gasteiger partial charge in [-0.2, -0.15) is 0 Å². The fraction of sp³-hybridized carbons (Fsp3) is 0.190. The lowest BCUT2D eigenvalue weighted by Gasteiger charge is -2.09. The monoisotopic (exact) mass is 371 g/mol. The summed E-state index contributed by atoms with van der Waals surface area (Å²) in [4.78, 5) is 12.1. The number of hydrogen-bond acceptors (Lipinski definition) is 2. The Bertz CT molecular complexity index is 951. The van der Waals surface area contributed by atoms with Crippen LogP contribution in [-0.2, 0) is 19.4 Å². The third-order valence-corrected chi connectivity index (χ3v) is 4.55. The highest BCUT2D eigenvalue weighted by Gasteiger charge is 2.05. The van der Waals surface area contributed by atoms with Crippen LogP contribution in [0.15, 0.2) is 65.6 Å². The predicted molar refractivity (Wildman–Crippen MR) is 102 cm³/mol. The first-order valence-electron chi connectivity index (χ1n) is 8.31. The van der Waals surface area contributed by atoms with Crippen LogP contribution in [0.3, 0.4) is 0 Å². The van der Waals surface area contributed by atoms with E-state index < -0.39 is 5.82 Å². The Labute approximate surface area is 156 Å². The first-order valence-corrected chi connectivity index (χ1v) is 8.69. The van der Waals surface area contributed by atoms with Crippen molar-refractivity contribution in [2.24, 2.45) is 0 Å². The minimum atomic E-state index is -0.479. The molecular formula is C21H19ClFNO2. The van der Waals surface area contributed by atoms with Crippen LogP contribution in [0.5, 0.6) is 5.75 Å². The van der Waals surface area contributed by atoms with Gasteiger partial charge in [0, 0.05) is 12.3 Å². The molecule has 0 atom stereocenters. The molecule has 26 heavy (non-hydrogen) atoms. The topological polar surface area (TPSA) is 31.2 Å². The van der Waals surface area contributed by atoms with E-state index in [-0.39, 0.29) is 10.6 Å². The summed E-state index contributed by atoms with van der Waals surface area (Å²) in [6.07, 6.45) is 3.50. The standard InChI is InChI=1S/C21H19ClFNO2/c1-26-18-8-4-15(5-9-18)2-3-16-7-11-21(25)24(13-16)14-17-6-10-19(22)20(23)12-17/h4-13H,2-3,14H2,1H3. The lowest BCUT2D eigenvalue weighted by Crippen LogP contribution is -2.20. The lowest BCUT2D eigenvalue weighted by atomic mass is 10.1. The molecule has 0 aliphatic rings. The third kappa shape index (κ3) is 4.52. The van der Waals surface area contributed by atoms with Crippen molar-refractivity contribution in [3.05, 3.63) is 98.7 Å². The normalized spacial score (nSPS) is 10.7. The molecule has 0 fully saturated rings. The zero-order valence-corrected chi connectivity index (χ0v) is 15.2. The summed E-state index contributed by atoms with van der Waals surface area (Å²) in [5.41, 5.74) is 2.83. The number of aryl methyl sites for hydroxylation is 2. The minimum absolute atomic E-state index is 0.0781. The van der Waals surface area contributed by atoms with E-state index in [0.717, 1.165) is 24.2 Å². The molecule has 0 N–H and O–H groups in total. The van der Waals surface area contributed by atoms with Crippen LogP contribution in [-0.4, -0.2) is 11.7 Å². The van der Waals surface area contributed by atoms with Crippen molar-refractivity contribution < 1.29 is 9.13 Å². The smallest absolute Gasteiger partial charge is 0.250 e. The van der Waals surface area contributed by atoms with E-state index in [1.807, 2.05) is 36.5 Å². The quantitative estimate of drug-likeness (QED) is 0.639. The number of ether oxygens (including phenoxy) is 1. The maximum Gasteiger partial charge on any atom is 0.250 e. The molecular weight excluding hydrogens is 353 g/mol. The van der Waals surface area contributed by atoms with E-state index in [9.17, 15) is 9.18 Å². The van der Waals surface area contributed by atoms with E-state index in [1.54, 1.807) is 23.8 Å². The Morgan fingerprint density at radius 3 is 2.31 bits per heavy atom. The summed E-state index contributed by atoms with van der Waals surface area (Å²) < 4.78 is 20.3. The number of nitrogens with zero attached hydrogens (tertiary/aromatic N) is 1. The average Bonchev–Trinajstić information content (AvgIpc) is 2.66. The summed E-state index contributed by atoms with van der Waals surface area (Å²) in [7, 11) is 1.64. The van der Waals surface area contributed by atoms with Crippen LogP contribution in [0.2, 0.25) is 5.02 Å². The van der Waals surface area contributed by atoms with Crippen LogP contribution in [0.1, 0.15) is 16.7 Å². The van der Waals surface area contributed by atoms with Crippen LogP contribution < -0.4 is 10.3 Å². The number of aromatic nitrogens is 1. The first-order chi connectivity index (χ1) is 12.5. The Hall–Kier alpha value is -2.59. The molecule has 134 valence electrons. The molecule has 1 heterocycles. The van der Waals surface area contributed by atoms with Crippen molar-refractivity contribution in [1.29, 1.82) is 0 Å². The van der Waals surface area contributed by atoms with E-state index >= 15 is 0 Å². The molecule has 5 heteroatoms. The summed E-state index contributed by atoms with van der Waals surface area (Å²) in [5, 5.41) is 0.0781. The molecule has 2 aromatic carbocycles. The Morgan fingerprint density at radius 2 is 1.62 bits per heavy atom. The van der Waals surface area contributed by atoms with Gasteiger partial charge in [0.25, 0.3) is 5.56 Å². The van der Waals surface area contributed by atoms with Crippen molar-refractivity contribution >= 4 is 11.6 Å². The van der Waals surface area contributed by atoms with Crippen molar-refractivity contribution in [3.8, 4) is 5.75 Å². The highest BCUT2D eigenvalue weighted by Crippen LogP contribution is 2.16. The van der Waals surface area contributed by atoms with Gasteiger partial charge in [-0.3, -0.25) is 4.79 Å². The average molecular weight is 372 g/mol. The van der Waals surface area contributed by atoms with E-state index in [0.29, 0.717) is 12.1 Å². The highest BCUT2D eigenvalue weighted by atomic mass is 35.5. The van der Waals surface area contributed by atoms with Crippen LogP contribution in [0.25, 0.3) is 0 Å². The molecule has 0 radical (unpaired) electrons. The fourth-order valence-corrected chi connectivity index (χ4v) is 2.89. The number of hydrogen-bond donors (Lipinski definition) is 0. The van der Waals surface area contributed by atoms with Gasteiger partial charge in [-0.15, -0.1) is 0 Å². The second kappa shape index (κ2) is 8.19. The number of rotatable bonds is 6. The van der Waals surface area contributed by atoms with Gasteiger partial charge in [0.15, 0.2) is 0 Å². The van der Waals surface area contributed by atoms with Gasteiger partial charge in [0.2, 0.25) is 0 Å². The predicted octanol–water partition coefficient (Wildman–Crippen LogP) is 4.48. The number of halogens is 2. The van der Waals surface area contributed by atoms with Crippen molar-refractivity contribution in [2.75, 3.05) is 7.11 Å². The summed E-state index contributed by atoms with van der Waals surface area (Å²) >= 11 is 5.71. The summed E-state index contributed by atoms with van der Waals surface area (Å²) in [6.45, 7) is 0.309. The van der Waals surface area contributed by atoms with E-state index in [1.165, 1.54) is 17.7 Å². The molecule has 3 nitrogen and oxygen atoms in total. The maximum absolute atomic E-state index is 13.6. The number of benzene rings is 2. The first kappa shape index (κ1) is 18.2. The minimum Gasteiger partial charge on any atom is -0.497 e. The molecule has 0 saturated carbocycles. The highest BCUT2D eigenvalue weighted by molar-refractivity contribution is 6.30. The molecule has 0 unspecified atom stereocenters. The molecule has 0 amide bonds. The summed E-state index contributed by atoms with van der Waals surface area (Å²) in [6, 6.07) is 15.9. The molecule has 0 bridgehead atoms. The second-order valence-electron chi connectivity index (χ2n) is 6.10. The maximum atomic E-state index is 13.6. The number of pyridine rings is 1. The Morgan fingerprint density at radius 1 is 0.962 bits per heavy atom. The zero-order valence-electron chi connectivity index (χ0n) is 14.4. The molecule has 3 rings (SSSR count). The lowest BCUT2D eigenvalue weighted by molar-refractivity contribution is 0.414. The Kier molecular flexibility index (Phi) is 5.74. The van der Waals surface area contributed by atoms with Crippen molar-refractivity contribution in [3.63, 3.8) is 0 Å². The van der Waals surface area contributed by atoms with Gasteiger partial charge in [0.1, 0.15) is 11.6 Å². The fourth-order valence-electron chi connectivity index (χ4n) is 2.77. The number of methoxy groups -OCH3 is 1. The summed E-state index contributed by atoms with van der Waals surface area (Å²) in [5.74, 6) is 0.352. The zero-order chi connectivity index (χ0) is 18.5. The van der Waals surface area contributed by atoms with Gasteiger partial charge in [0.05, 0.1) is 18.7 Å². The molecule has 0 aliphatic carbocycles. The van der Waals surface area contributed by atoms with E-state index in [2.05, 4.69) is 0 Å². The molecule has 0 aliphatic heterocycles. The van der Waals surface area contributed by atoms with Crippen molar-refractivity contribution in [1.82, 2.24) is 4.57 Å². The van der Waals surface area contributed by atoms with Gasteiger partial charge < -0.3 is 9.30 Å². The molecule has 0 spiro atoms. The van der Waals surface area contributed by atoms with Crippen LogP contribution >= 0.6 is 11.6 Å². The van der Waals surface area contributed by atoms with Crippen LogP contribution in [0, 0.1) is 5.82 Å². The van der Waals surface area contributed by atoms with Gasteiger partial charge in [-0.25, -0.2) is 4.39 Å². The largest absolute Gasteiger partial charge is 0.497 e. The Balaban J connectivity index is 1.72. The van der Waals surface area contributed by atoms with Crippen molar-refractivity contribution in [2.45, 2.75) is 19.4 Å². The molecule has 1 aromatic heterocycles.